The van der Waals surface area contributed by atoms with E-state index in [1.807, 2.05) is 43.4 Å². The van der Waals surface area contributed by atoms with Crippen LogP contribution >= 0.6 is 0 Å². The van der Waals surface area contributed by atoms with Gasteiger partial charge in [0.1, 0.15) is 17.3 Å². The Balaban J connectivity index is 0.00000198. The molecule has 0 unspecified atom stereocenters. The molecule has 0 radical (unpaired) electrons. The van der Waals surface area contributed by atoms with Crippen molar-refractivity contribution in [2.24, 2.45) is 5.92 Å². The molecule has 4 aromatic rings. The lowest BCUT2D eigenvalue weighted by atomic mass is 9.96. The minimum Gasteiger partial charge on any atom is -0.398 e. The van der Waals surface area contributed by atoms with Gasteiger partial charge in [0.15, 0.2) is 0 Å². The predicted octanol–water partition coefficient (Wildman–Crippen LogP) is 8.23. The van der Waals surface area contributed by atoms with Crippen LogP contribution in [0.25, 0.3) is 27.7 Å². The molecule has 1 aliphatic carbocycles. The number of rotatable bonds is 10. The van der Waals surface area contributed by atoms with Crippen molar-refractivity contribution < 1.29 is 8.78 Å². The van der Waals surface area contributed by atoms with Gasteiger partial charge in [0.2, 0.25) is 0 Å². The highest BCUT2D eigenvalue weighted by Crippen LogP contribution is 2.31. The number of fused-ring (bicyclic) bond motifs is 1. The fourth-order valence-electron chi connectivity index (χ4n) is 5.60. The minimum absolute atomic E-state index is 0.276. The number of halogens is 2. The fourth-order valence-corrected chi connectivity index (χ4v) is 5.60. The minimum atomic E-state index is -0.357. The van der Waals surface area contributed by atoms with Crippen LogP contribution in [0.5, 0.6) is 0 Å². The number of nitrogen functional groups attached to an aromatic ring is 1. The van der Waals surface area contributed by atoms with Crippen molar-refractivity contribution in [2.45, 2.75) is 39.0 Å². The number of nitrogens with two attached hydrogens (primary N) is 1. The van der Waals surface area contributed by atoms with Crippen molar-refractivity contribution >= 4 is 22.3 Å². The number of aromatic amines is 1. The second kappa shape index (κ2) is 14.4. The van der Waals surface area contributed by atoms with E-state index >= 15 is 4.39 Å². The number of benzene rings is 2. The highest BCUT2D eigenvalue weighted by Gasteiger charge is 2.16. The maximum absolute atomic E-state index is 15.2. The number of pyridine rings is 1. The van der Waals surface area contributed by atoms with Gasteiger partial charge in [-0.3, -0.25) is 0 Å². The molecule has 5 rings (SSSR count). The first-order valence-electron chi connectivity index (χ1n) is 14.3. The van der Waals surface area contributed by atoms with Gasteiger partial charge in [-0.2, -0.15) is 0 Å². The van der Waals surface area contributed by atoms with Crippen LogP contribution in [0, 0.1) is 30.4 Å². The summed E-state index contributed by atoms with van der Waals surface area (Å²) >= 11 is 0. The van der Waals surface area contributed by atoms with E-state index in [4.69, 9.17) is 5.73 Å². The van der Waals surface area contributed by atoms with Crippen molar-refractivity contribution in [3.05, 3.63) is 114 Å². The zero-order valence-electron chi connectivity index (χ0n) is 24.1. The largest absolute Gasteiger partial charge is 0.398 e. The number of hydrogen-bond donors (Lipinski definition) is 3. The molecule has 216 valence electrons. The first-order valence-corrected chi connectivity index (χ1v) is 14.3. The summed E-state index contributed by atoms with van der Waals surface area (Å²) in [7, 11) is 0. The van der Waals surface area contributed by atoms with Crippen LogP contribution < -0.4 is 11.1 Å². The Morgan fingerprint density at radius 1 is 1.12 bits per heavy atom. The predicted molar refractivity (Wildman–Crippen MR) is 172 cm³/mol. The Morgan fingerprint density at radius 2 is 1.86 bits per heavy atom. The average Bonchev–Trinajstić information content (AvgIpc) is 3.68. The van der Waals surface area contributed by atoms with E-state index in [0.717, 1.165) is 57.0 Å². The third kappa shape index (κ3) is 7.23. The zero-order chi connectivity index (χ0) is 30.1. The van der Waals surface area contributed by atoms with Crippen LogP contribution in [-0.4, -0.2) is 23.1 Å². The second-order valence-electron chi connectivity index (χ2n) is 10.6. The molecular weight excluding hydrogens is 526 g/mol. The summed E-state index contributed by atoms with van der Waals surface area (Å²) in [5, 5.41) is 4.48. The van der Waals surface area contributed by atoms with Crippen LogP contribution in [-0.2, 0) is 6.42 Å². The Hall–Kier alpha value is -4.47. The molecule has 1 fully saturated rings. The smallest absolute Gasteiger partial charge is 0.138 e. The van der Waals surface area contributed by atoms with Gasteiger partial charge in [-0.25, -0.2) is 13.8 Å². The molecule has 0 saturated heterocycles. The van der Waals surface area contributed by atoms with E-state index in [1.165, 1.54) is 43.9 Å². The topological polar surface area (TPSA) is 66.7 Å². The Morgan fingerprint density at radius 3 is 2.55 bits per heavy atom. The summed E-state index contributed by atoms with van der Waals surface area (Å²) in [6, 6.07) is 13.6. The number of H-pyrrole nitrogens is 1. The Bertz CT molecular complexity index is 1600. The third-order valence-corrected chi connectivity index (χ3v) is 7.81. The van der Waals surface area contributed by atoms with Gasteiger partial charge in [-0.15, -0.1) is 12.8 Å². The number of nitrogens with zero attached hydrogens (tertiary/aromatic N) is 1. The molecule has 0 aliphatic heterocycles. The first-order chi connectivity index (χ1) is 20.4. The summed E-state index contributed by atoms with van der Waals surface area (Å²) in [6.07, 6.45) is 21.2. The summed E-state index contributed by atoms with van der Waals surface area (Å²) < 4.78 is 28.7. The van der Waals surface area contributed by atoms with Crippen LogP contribution in [0.4, 0.5) is 14.5 Å². The summed E-state index contributed by atoms with van der Waals surface area (Å²) in [4.78, 5) is 7.86. The summed E-state index contributed by atoms with van der Waals surface area (Å²) in [6.45, 7) is 7.58. The van der Waals surface area contributed by atoms with Gasteiger partial charge in [-0.1, -0.05) is 49.8 Å². The van der Waals surface area contributed by atoms with Crippen molar-refractivity contribution in [2.75, 3.05) is 18.8 Å². The quantitative estimate of drug-likeness (QED) is 0.103. The first kappa shape index (κ1) is 30.5. The fraction of sp³-hybridized carbons (Fsp3) is 0.250. The zero-order valence-corrected chi connectivity index (χ0v) is 24.1. The molecule has 4 nitrogen and oxygen atoms in total. The van der Waals surface area contributed by atoms with Crippen LogP contribution in [0.15, 0.2) is 85.1 Å². The molecule has 6 heteroatoms. The van der Waals surface area contributed by atoms with Gasteiger partial charge < -0.3 is 16.0 Å². The highest BCUT2D eigenvalue weighted by atomic mass is 19.1. The van der Waals surface area contributed by atoms with E-state index in [-0.39, 0.29) is 11.6 Å². The third-order valence-electron chi connectivity index (χ3n) is 7.81. The SMILES string of the molecule is C#C.C=C/C(=C\C(=C/C)c1cc(Cc2cc3c(-c4ccc(F)cc4)ccnc3[nH]2)c(N)cc1F)CNCC1CCCC1. The summed E-state index contributed by atoms with van der Waals surface area (Å²) in [5.41, 5.74) is 13.3. The van der Waals surface area contributed by atoms with E-state index in [9.17, 15) is 4.39 Å². The monoisotopic (exact) mass is 564 g/mol. The standard InChI is InChI=1S/C34H36F2N4.C2H2/c1-3-22(20-38-21-23-7-5-6-8-23)15-24(4-2)30-17-26(33(37)19-32(30)36)16-28-18-31-29(13-14-39-34(31)40-28)25-9-11-27(35)12-10-25;1-2/h3-4,9-15,17-19,23,38H,1,5-8,16,20-21,37H2,2H3,(H,39,40);1-2H/b22-15+,24-4+;. The average molecular weight is 565 g/mol. The molecule has 0 atom stereocenters. The maximum atomic E-state index is 15.2. The van der Waals surface area contributed by atoms with Crippen LogP contribution in [0.1, 0.15) is 49.4 Å². The molecule has 2 aromatic heterocycles. The molecule has 42 heavy (non-hydrogen) atoms. The van der Waals surface area contributed by atoms with E-state index in [1.54, 1.807) is 18.3 Å². The van der Waals surface area contributed by atoms with Gasteiger partial charge in [0.05, 0.1) is 0 Å². The highest BCUT2D eigenvalue weighted by molar-refractivity contribution is 5.93. The maximum Gasteiger partial charge on any atom is 0.138 e. The molecule has 0 spiro atoms. The molecule has 4 N–H and O–H groups in total. The van der Waals surface area contributed by atoms with Crippen LogP contribution in [0.2, 0.25) is 0 Å². The summed E-state index contributed by atoms with van der Waals surface area (Å²) in [5.74, 6) is 0.114. The molecule has 1 saturated carbocycles. The van der Waals surface area contributed by atoms with E-state index in [2.05, 4.69) is 34.7 Å². The lowest BCUT2D eigenvalue weighted by Gasteiger charge is -2.13. The number of anilines is 1. The molecule has 2 heterocycles. The molecule has 2 aromatic carbocycles. The molecular formula is C36H38F2N4. The lowest BCUT2D eigenvalue weighted by molar-refractivity contribution is 0.503. The van der Waals surface area contributed by atoms with Crippen molar-refractivity contribution in [3.8, 4) is 24.0 Å². The normalized spacial score (nSPS) is 14.1. The van der Waals surface area contributed by atoms with E-state index in [0.29, 0.717) is 24.2 Å². The van der Waals surface area contributed by atoms with E-state index < -0.39 is 0 Å². The number of nitrogens with one attached hydrogen (secondary N) is 2. The number of terminal acetylenes is 1. The molecule has 1 aliphatic rings. The van der Waals surface area contributed by atoms with Gasteiger partial charge >= 0.3 is 0 Å². The van der Waals surface area contributed by atoms with Crippen molar-refractivity contribution in [1.82, 2.24) is 15.3 Å². The lowest BCUT2D eigenvalue weighted by Crippen LogP contribution is -2.23. The van der Waals surface area contributed by atoms with Crippen molar-refractivity contribution in [1.29, 1.82) is 0 Å². The molecule has 0 amide bonds. The van der Waals surface area contributed by atoms with Crippen LogP contribution in [0.3, 0.4) is 0 Å². The van der Waals surface area contributed by atoms with Gasteiger partial charge in [0.25, 0.3) is 0 Å². The number of hydrogen-bond acceptors (Lipinski definition) is 3. The molecule has 0 bridgehead atoms. The number of aromatic nitrogens is 2. The second-order valence-corrected chi connectivity index (χ2v) is 10.6. The Kier molecular flexibility index (Phi) is 10.5. The van der Waals surface area contributed by atoms with Crippen molar-refractivity contribution in [3.63, 3.8) is 0 Å². The Labute approximate surface area is 247 Å². The number of allylic oxidation sites excluding steroid dienone is 3. The van der Waals surface area contributed by atoms with Gasteiger partial charge in [0, 0.05) is 41.5 Å². The van der Waals surface area contributed by atoms with Gasteiger partial charge in [-0.05, 0) is 96.5 Å².